The molecule has 3 aliphatic carbocycles. The smallest absolute Gasteiger partial charge is 0.0802 e. The lowest BCUT2D eigenvalue weighted by Gasteiger charge is -2.41. The van der Waals surface area contributed by atoms with Crippen molar-refractivity contribution in [3.63, 3.8) is 0 Å². The summed E-state index contributed by atoms with van der Waals surface area (Å²) in [6.07, 6.45) is 12.4. The Labute approximate surface area is 133 Å². The molecule has 4 nitrogen and oxygen atoms in total. The molecular formula is C18H32O4. The first kappa shape index (κ1) is 17.9. The minimum atomic E-state index is -0.509. The van der Waals surface area contributed by atoms with Crippen molar-refractivity contribution in [3.8, 4) is 0 Å². The minimum absolute atomic E-state index is 0.126. The molecule has 0 bridgehead atoms. The fraction of sp³-hybridized carbons (Fsp3) is 0.889. The van der Waals surface area contributed by atoms with E-state index in [4.69, 9.17) is 0 Å². The van der Waals surface area contributed by atoms with Gasteiger partial charge in [0.15, 0.2) is 0 Å². The summed E-state index contributed by atoms with van der Waals surface area (Å²) in [6, 6.07) is 0. The predicted octanol–water partition coefficient (Wildman–Crippen LogP) is 2.15. The second-order valence-corrected chi connectivity index (χ2v) is 7.09. The van der Waals surface area contributed by atoms with Gasteiger partial charge in [0, 0.05) is 0 Å². The summed E-state index contributed by atoms with van der Waals surface area (Å²) in [5.74, 6) is 0.810. The molecule has 0 saturated heterocycles. The zero-order chi connectivity index (χ0) is 15.9. The molecule has 0 heterocycles. The highest BCUT2D eigenvalue weighted by Crippen LogP contribution is 2.40. The van der Waals surface area contributed by atoms with Crippen LogP contribution in [0.25, 0.3) is 0 Å². The Hall–Kier alpha value is -0.420. The maximum Gasteiger partial charge on any atom is 0.0802 e. The third-order valence-electron chi connectivity index (χ3n) is 5.48. The third-order valence-corrected chi connectivity index (χ3v) is 5.48. The maximum absolute atomic E-state index is 9.71. The standard InChI is InChI=1S/C10H18O2.C8H14O2/c11-9-5-1-3-7-8(9)4-2-6-10(7)12;9-7-5-3-1-2-4-6-8(7)10/h7-12H,1-6H2;1-2,7-10H,3-6H2. The van der Waals surface area contributed by atoms with Crippen LogP contribution in [0.5, 0.6) is 0 Å². The molecule has 0 aliphatic heterocycles. The molecular weight excluding hydrogens is 280 g/mol. The summed E-state index contributed by atoms with van der Waals surface area (Å²) in [6.45, 7) is 0. The van der Waals surface area contributed by atoms with Crippen LogP contribution in [0, 0.1) is 11.8 Å². The van der Waals surface area contributed by atoms with Crippen LogP contribution >= 0.6 is 0 Å². The molecule has 0 aromatic heterocycles. The number of fused-ring (bicyclic) bond motifs is 1. The van der Waals surface area contributed by atoms with Crippen molar-refractivity contribution in [2.24, 2.45) is 11.8 Å². The van der Waals surface area contributed by atoms with Gasteiger partial charge in [-0.15, -0.1) is 0 Å². The first-order chi connectivity index (χ1) is 10.6. The van der Waals surface area contributed by atoms with Crippen molar-refractivity contribution < 1.29 is 20.4 Å². The lowest BCUT2D eigenvalue weighted by atomic mass is 9.68. The van der Waals surface area contributed by atoms with Gasteiger partial charge in [-0.3, -0.25) is 0 Å². The number of hydrogen-bond donors (Lipinski definition) is 4. The summed E-state index contributed by atoms with van der Waals surface area (Å²) in [5, 5.41) is 37.8. The van der Waals surface area contributed by atoms with Gasteiger partial charge in [-0.1, -0.05) is 25.0 Å². The summed E-state index contributed by atoms with van der Waals surface area (Å²) < 4.78 is 0. The van der Waals surface area contributed by atoms with Crippen molar-refractivity contribution >= 4 is 0 Å². The molecule has 0 aromatic carbocycles. The molecule has 0 radical (unpaired) electrons. The second-order valence-electron chi connectivity index (χ2n) is 7.09. The summed E-state index contributed by atoms with van der Waals surface area (Å²) in [7, 11) is 0. The molecule has 0 amide bonds. The molecule has 22 heavy (non-hydrogen) atoms. The van der Waals surface area contributed by atoms with E-state index < -0.39 is 12.2 Å². The van der Waals surface area contributed by atoms with E-state index in [0.717, 1.165) is 51.4 Å². The highest BCUT2D eigenvalue weighted by molar-refractivity contribution is 4.89. The van der Waals surface area contributed by atoms with E-state index >= 15 is 0 Å². The lowest BCUT2D eigenvalue weighted by Crippen LogP contribution is -2.41. The predicted molar refractivity (Wildman–Crippen MR) is 86.3 cm³/mol. The van der Waals surface area contributed by atoms with Gasteiger partial charge in [0.05, 0.1) is 24.4 Å². The van der Waals surface area contributed by atoms with Gasteiger partial charge < -0.3 is 20.4 Å². The van der Waals surface area contributed by atoms with Crippen LogP contribution in [-0.4, -0.2) is 44.8 Å². The Morgan fingerprint density at radius 3 is 1.32 bits per heavy atom. The van der Waals surface area contributed by atoms with Crippen LogP contribution in [0.2, 0.25) is 0 Å². The number of allylic oxidation sites excluding steroid dienone is 2. The van der Waals surface area contributed by atoms with E-state index in [1.165, 1.54) is 0 Å². The van der Waals surface area contributed by atoms with Crippen molar-refractivity contribution in [2.75, 3.05) is 0 Å². The van der Waals surface area contributed by atoms with Crippen LogP contribution in [0.4, 0.5) is 0 Å². The average molecular weight is 312 g/mol. The summed E-state index contributed by atoms with van der Waals surface area (Å²) in [5.41, 5.74) is 0. The largest absolute Gasteiger partial charge is 0.393 e. The molecule has 6 unspecified atom stereocenters. The quantitative estimate of drug-likeness (QED) is 0.517. The summed E-state index contributed by atoms with van der Waals surface area (Å²) in [4.78, 5) is 0. The SMILES string of the molecule is OC1CCC=CCCC1O.OC1CCCC2C(O)CCCC12. The van der Waals surface area contributed by atoms with Crippen LogP contribution in [0.15, 0.2) is 12.2 Å². The molecule has 0 spiro atoms. The third kappa shape index (κ3) is 5.05. The van der Waals surface area contributed by atoms with Crippen molar-refractivity contribution in [1.82, 2.24) is 0 Å². The highest BCUT2D eigenvalue weighted by Gasteiger charge is 2.38. The lowest BCUT2D eigenvalue weighted by molar-refractivity contribution is -0.0529. The number of rotatable bonds is 0. The fourth-order valence-electron chi connectivity index (χ4n) is 4.09. The second kappa shape index (κ2) is 9.02. The monoisotopic (exact) mass is 312 g/mol. The highest BCUT2D eigenvalue weighted by atomic mass is 16.3. The number of hydrogen-bond acceptors (Lipinski definition) is 4. The molecule has 3 aliphatic rings. The van der Waals surface area contributed by atoms with Gasteiger partial charge in [-0.2, -0.15) is 0 Å². The number of aliphatic hydroxyl groups excluding tert-OH is 4. The Morgan fingerprint density at radius 1 is 0.500 bits per heavy atom. The zero-order valence-electron chi connectivity index (χ0n) is 13.5. The van der Waals surface area contributed by atoms with Crippen molar-refractivity contribution in [3.05, 3.63) is 12.2 Å². The fourth-order valence-corrected chi connectivity index (χ4v) is 4.09. The Bertz CT molecular complexity index is 312. The number of aliphatic hydroxyl groups is 4. The molecule has 2 fully saturated rings. The van der Waals surface area contributed by atoms with Crippen LogP contribution in [0.3, 0.4) is 0 Å². The maximum atomic E-state index is 9.71. The molecule has 6 atom stereocenters. The molecule has 0 aromatic rings. The van der Waals surface area contributed by atoms with Crippen molar-refractivity contribution in [1.29, 1.82) is 0 Å². The molecule has 4 heteroatoms. The zero-order valence-corrected chi connectivity index (χ0v) is 13.5. The summed E-state index contributed by atoms with van der Waals surface area (Å²) >= 11 is 0. The van der Waals surface area contributed by atoms with E-state index in [1.807, 2.05) is 0 Å². The van der Waals surface area contributed by atoms with Gasteiger partial charge in [0.25, 0.3) is 0 Å². The molecule has 128 valence electrons. The van der Waals surface area contributed by atoms with Crippen LogP contribution in [-0.2, 0) is 0 Å². The Balaban J connectivity index is 0.000000164. The van der Waals surface area contributed by atoms with Crippen molar-refractivity contribution in [2.45, 2.75) is 88.6 Å². The van der Waals surface area contributed by atoms with E-state index in [9.17, 15) is 20.4 Å². The van der Waals surface area contributed by atoms with E-state index in [2.05, 4.69) is 12.2 Å². The van der Waals surface area contributed by atoms with E-state index in [1.54, 1.807) is 0 Å². The van der Waals surface area contributed by atoms with Gasteiger partial charge in [0.1, 0.15) is 0 Å². The normalized spacial score (nSPS) is 42.4. The topological polar surface area (TPSA) is 80.9 Å². The van der Waals surface area contributed by atoms with E-state index in [-0.39, 0.29) is 12.2 Å². The van der Waals surface area contributed by atoms with Crippen LogP contribution in [0.1, 0.15) is 64.2 Å². The Morgan fingerprint density at radius 2 is 0.909 bits per heavy atom. The van der Waals surface area contributed by atoms with Gasteiger partial charge in [-0.05, 0) is 63.2 Å². The Kier molecular flexibility index (Phi) is 7.35. The molecule has 4 N–H and O–H groups in total. The van der Waals surface area contributed by atoms with Gasteiger partial charge in [-0.25, -0.2) is 0 Å². The first-order valence-electron chi connectivity index (χ1n) is 8.97. The minimum Gasteiger partial charge on any atom is -0.393 e. The molecule has 2 saturated carbocycles. The first-order valence-corrected chi connectivity index (χ1v) is 8.97. The average Bonchev–Trinajstić information content (AvgIpc) is 2.50. The van der Waals surface area contributed by atoms with E-state index in [0.29, 0.717) is 24.7 Å². The van der Waals surface area contributed by atoms with Gasteiger partial charge in [0.2, 0.25) is 0 Å². The van der Waals surface area contributed by atoms with Gasteiger partial charge >= 0.3 is 0 Å². The van der Waals surface area contributed by atoms with Crippen LogP contribution < -0.4 is 0 Å². The molecule has 3 rings (SSSR count).